The van der Waals surface area contributed by atoms with Crippen molar-refractivity contribution < 1.29 is 8.83 Å². The van der Waals surface area contributed by atoms with Gasteiger partial charge in [0.25, 0.3) is 5.89 Å². The highest BCUT2D eigenvalue weighted by Gasteiger charge is 2.08. The van der Waals surface area contributed by atoms with Gasteiger partial charge in [-0.25, -0.2) is 0 Å². The van der Waals surface area contributed by atoms with Crippen molar-refractivity contribution in [2.45, 2.75) is 19.8 Å². The van der Waals surface area contributed by atoms with E-state index in [0.29, 0.717) is 11.8 Å². The van der Waals surface area contributed by atoms with Crippen molar-refractivity contribution in [2.24, 2.45) is 0 Å². The quantitative estimate of drug-likeness (QED) is 0.754. The molecule has 0 bridgehead atoms. The number of rotatable bonds is 6. The van der Waals surface area contributed by atoms with E-state index in [0.717, 1.165) is 31.5 Å². The Morgan fingerprint density at radius 1 is 1.31 bits per heavy atom. The van der Waals surface area contributed by atoms with Gasteiger partial charge >= 0.3 is 0 Å². The van der Waals surface area contributed by atoms with Gasteiger partial charge in [0.2, 0.25) is 5.89 Å². The maximum absolute atomic E-state index is 5.49. The minimum atomic E-state index is 0.513. The Bertz CT molecular complexity index is 409. The number of hydrogen-bond donors (Lipinski definition) is 1. The maximum Gasteiger partial charge on any atom is 0.250 e. The van der Waals surface area contributed by atoms with Gasteiger partial charge in [0.15, 0.2) is 0 Å². The van der Waals surface area contributed by atoms with Crippen LogP contribution in [0.2, 0.25) is 0 Å². The molecule has 2 heterocycles. The number of hydrogen-bond acceptors (Lipinski definition) is 5. The summed E-state index contributed by atoms with van der Waals surface area (Å²) in [5.41, 5.74) is 0.820. The lowest BCUT2D eigenvalue weighted by Crippen LogP contribution is -2.17. The van der Waals surface area contributed by atoms with E-state index >= 15 is 0 Å². The zero-order valence-corrected chi connectivity index (χ0v) is 9.27. The smallest absolute Gasteiger partial charge is 0.250 e. The average Bonchev–Trinajstić information content (AvgIpc) is 2.94. The molecule has 2 aromatic rings. The third kappa shape index (κ3) is 2.70. The predicted molar refractivity (Wildman–Crippen MR) is 58.9 cm³/mol. The summed E-state index contributed by atoms with van der Waals surface area (Å²) in [6, 6.07) is 1.80. The molecule has 0 aliphatic rings. The van der Waals surface area contributed by atoms with Crippen LogP contribution >= 0.6 is 0 Å². The standard InChI is InChI=1S/C11H15N3O2/c1-2-5-12-6-3-10-13-14-11(16-10)9-4-7-15-8-9/h4,7-8,12H,2-3,5-6H2,1H3. The largest absolute Gasteiger partial charge is 0.472 e. The first-order valence-corrected chi connectivity index (χ1v) is 5.46. The maximum atomic E-state index is 5.49. The predicted octanol–water partition coefficient (Wildman–Crippen LogP) is 1.87. The molecule has 0 atom stereocenters. The van der Waals surface area contributed by atoms with Crippen LogP contribution in [0, 0.1) is 0 Å². The third-order valence-electron chi connectivity index (χ3n) is 2.18. The summed E-state index contributed by atoms with van der Waals surface area (Å²) in [7, 11) is 0. The topological polar surface area (TPSA) is 64.1 Å². The number of aromatic nitrogens is 2. The Kier molecular flexibility index (Phi) is 3.71. The summed E-state index contributed by atoms with van der Waals surface area (Å²) in [4.78, 5) is 0. The third-order valence-corrected chi connectivity index (χ3v) is 2.18. The van der Waals surface area contributed by atoms with Crippen LogP contribution in [0.1, 0.15) is 19.2 Å². The summed E-state index contributed by atoms with van der Waals surface area (Å²) in [6.45, 7) is 4.01. The molecule has 0 amide bonds. The van der Waals surface area contributed by atoms with Crippen molar-refractivity contribution in [3.05, 3.63) is 24.5 Å². The van der Waals surface area contributed by atoms with E-state index in [9.17, 15) is 0 Å². The Morgan fingerprint density at radius 3 is 3.00 bits per heavy atom. The van der Waals surface area contributed by atoms with Crippen molar-refractivity contribution >= 4 is 0 Å². The number of nitrogens with zero attached hydrogens (tertiary/aromatic N) is 2. The Hall–Kier alpha value is -1.62. The molecule has 0 aliphatic carbocycles. The molecule has 0 saturated heterocycles. The normalized spacial score (nSPS) is 10.8. The van der Waals surface area contributed by atoms with E-state index in [1.54, 1.807) is 18.6 Å². The van der Waals surface area contributed by atoms with Crippen molar-refractivity contribution in [3.63, 3.8) is 0 Å². The first-order valence-electron chi connectivity index (χ1n) is 5.46. The molecule has 2 aromatic heterocycles. The molecule has 5 nitrogen and oxygen atoms in total. The van der Waals surface area contributed by atoms with Gasteiger partial charge in [-0.3, -0.25) is 0 Å². The Balaban J connectivity index is 1.88. The van der Waals surface area contributed by atoms with Crippen molar-refractivity contribution in [1.82, 2.24) is 15.5 Å². The molecule has 0 unspecified atom stereocenters. The van der Waals surface area contributed by atoms with Gasteiger partial charge in [0.1, 0.15) is 6.26 Å². The van der Waals surface area contributed by atoms with Crippen LogP contribution in [-0.2, 0) is 6.42 Å². The zero-order valence-electron chi connectivity index (χ0n) is 9.27. The number of nitrogens with one attached hydrogen (secondary N) is 1. The molecule has 0 aromatic carbocycles. The van der Waals surface area contributed by atoms with Gasteiger partial charge in [0.05, 0.1) is 11.8 Å². The molecule has 1 N–H and O–H groups in total. The minimum Gasteiger partial charge on any atom is -0.472 e. The van der Waals surface area contributed by atoms with Crippen molar-refractivity contribution in [1.29, 1.82) is 0 Å². The van der Waals surface area contributed by atoms with Crippen LogP contribution in [0.5, 0.6) is 0 Å². The van der Waals surface area contributed by atoms with Gasteiger partial charge in [-0.05, 0) is 19.0 Å². The molecule has 86 valence electrons. The lowest BCUT2D eigenvalue weighted by Gasteiger charge is -1.98. The highest BCUT2D eigenvalue weighted by atomic mass is 16.4. The summed E-state index contributed by atoms with van der Waals surface area (Å²) in [6.07, 6.45) is 5.06. The van der Waals surface area contributed by atoms with Crippen LogP contribution in [0.15, 0.2) is 27.4 Å². The van der Waals surface area contributed by atoms with Crippen molar-refractivity contribution in [2.75, 3.05) is 13.1 Å². The van der Waals surface area contributed by atoms with Crippen LogP contribution in [0.3, 0.4) is 0 Å². The molecule has 2 rings (SSSR count). The molecular weight excluding hydrogens is 206 g/mol. The second-order valence-electron chi connectivity index (χ2n) is 3.51. The zero-order chi connectivity index (χ0) is 11.2. The molecule has 0 fully saturated rings. The van der Waals surface area contributed by atoms with Crippen LogP contribution < -0.4 is 5.32 Å². The fourth-order valence-electron chi connectivity index (χ4n) is 1.35. The fraction of sp³-hybridized carbons (Fsp3) is 0.455. The molecule has 5 heteroatoms. The Morgan fingerprint density at radius 2 is 2.25 bits per heavy atom. The first kappa shape index (κ1) is 10.9. The molecule has 16 heavy (non-hydrogen) atoms. The first-order chi connectivity index (χ1) is 7.90. The monoisotopic (exact) mass is 221 g/mol. The van der Waals surface area contributed by atoms with Crippen molar-refractivity contribution in [3.8, 4) is 11.5 Å². The van der Waals surface area contributed by atoms with Gasteiger partial charge in [-0.15, -0.1) is 10.2 Å². The van der Waals surface area contributed by atoms with E-state index in [-0.39, 0.29) is 0 Å². The Labute approximate surface area is 93.9 Å². The highest BCUT2D eigenvalue weighted by molar-refractivity contribution is 5.49. The molecule has 0 aliphatic heterocycles. The van der Waals surface area contributed by atoms with E-state index < -0.39 is 0 Å². The van der Waals surface area contributed by atoms with Crippen LogP contribution in [0.25, 0.3) is 11.5 Å². The summed E-state index contributed by atoms with van der Waals surface area (Å²) in [5.74, 6) is 1.17. The molecule has 0 spiro atoms. The second kappa shape index (κ2) is 5.46. The summed E-state index contributed by atoms with van der Waals surface area (Å²) in [5, 5.41) is 11.2. The van der Waals surface area contributed by atoms with E-state index in [4.69, 9.17) is 8.83 Å². The van der Waals surface area contributed by atoms with Gasteiger partial charge in [0, 0.05) is 13.0 Å². The number of furan rings is 1. The summed E-state index contributed by atoms with van der Waals surface area (Å²) < 4.78 is 10.4. The minimum absolute atomic E-state index is 0.513. The molecular formula is C11H15N3O2. The van der Waals surface area contributed by atoms with E-state index in [2.05, 4.69) is 22.4 Å². The van der Waals surface area contributed by atoms with E-state index in [1.165, 1.54) is 0 Å². The second-order valence-corrected chi connectivity index (χ2v) is 3.51. The summed E-state index contributed by atoms with van der Waals surface area (Å²) >= 11 is 0. The lowest BCUT2D eigenvalue weighted by atomic mass is 10.3. The lowest BCUT2D eigenvalue weighted by molar-refractivity contribution is 0.493. The van der Waals surface area contributed by atoms with Gasteiger partial charge in [-0.1, -0.05) is 6.92 Å². The van der Waals surface area contributed by atoms with Gasteiger partial charge < -0.3 is 14.2 Å². The average molecular weight is 221 g/mol. The van der Waals surface area contributed by atoms with Gasteiger partial charge in [-0.2, -0.15) is 0 Å². The highest BCUT2D eigenvalue weighted by Crippen LogP contribution is 2.17. The van der Waals surface area contributed by atoms with E-state index in [1.807, 2.05) is 0 Å². The molecule has 0 saturated carbocycles. The SMILES string of the molecule is CCCNCCc1nnc(-c2ccoc2)o1. The van der Waals surface area contributed by atoms with Crippen LogP contribution in [0.4, 0.5) is 0 Å². The fourth-order valence-corrected chi connectivity index (χ4v) is 1.35. The molecule has 0 radical (unpaired) electrons. The van der Waals surface area contributed by atoms with Crippen LogP contribution in [-0.4, -0.2) is 23.3 Å².